The number of hydrogen-bond donors (Lipinski definition) is 0. The summed E-state index contributed by atoms with van der Waals surface area (Å²) in [5, 5.41) is 1.58. The Labute approximate surface area is 77.9 Å². The van der Waals surface area contributed by atoms with E-state index in [4.69, 9.17) is 0 Å². The van der Waals surface area contributed by atoms with Crippen LogP contribution in [0, 0.1) is 0 Å². The maximum absolute atomic E-state index is 2.56. The predicted molar refractivity (Wildman–Crippen MR) is 57.4 cm³/mol. The topological polar surface area (TPSA) is 0 Å². The summed E-state index contributed by atoms with van der Waals surface area (Å²) < 4.78 is 0. The first-order chi connectivity index (χ1) is 5.61. The van der Waals surface area contributed by atoms with Crippen molar-refractivity contribution in [1.29, 1.82) is 0 Å². The molecular weight excluding hydrogens is 163 g/mol. The molecule has 0 amide bonds. The van der Waals surface area contributed by atoms with Crippen LogP contribution < -0.4 is 0 Å². The smallest absolute Gasteiger partial charge is 0.0118 e. The van der Waals surface area contributed by atoms with Gasteiger partial charge in [0.25, 0.3) is 0 Å². The van der Waals surface area contributed by atoms with Gasteiger partial charge in [-0.3, -0.25) is 0 Å². The minimum Gasteiger partial charge on any atom is -0.0948 e. The van der Waals surface area contributed by atoms with E-state index < -0.39 is 0 Å². The van der Waals surface area contributed by atoms with Crippen molar-refractivity contribution >= 4 is 7.92 Å². The van der Waals surface area contributed by atoms with Gasteiger partial charge in [-0.05, 0) is 42.2 Å². The monoisotopic (exact) mass is 184 g/mol. The number of rotatable bonds is 1. The van der Waals surface area contributed by atoms with Gasteiger partial charge >= 0.3 is 0 Å². The quantitative estimate of drug-likeness (QED) is 0.541. The van der Waals surface area contributed by atoms with E-state index in [1.54, 1.807) is 0 Å². The van der Waals surface area contributed by atoms with Crippen LogP contribution in [0.1, 0.15) is 52.9 Å². The summed E-state index contributed by atoms with van der Waals surface area (Å²) in [7, 11) is 0.355. The van der Waals surface area contributed by atoms with Crippen molar-refractivity contribution < 1.29 is 0 Å². The summed E-state index contributed by atoms with van der Waals surface area (Å²) in [6, 6.07) is 0. The molecule has 0 radical (unpaired) electrons. The van der Waals surface area contributed by atoms with Crippen LogP contribution in [0.2, 0.25) is 0 Å². The maximum atomic E-state index is 2.56. The number of hydrogen-bond acceptors (Lipinski definition) is 0. The average Bonchev–Trinajstić information content (AvgIpc) is 2.14. The molecule has 2 atom stereocenters. The van der Waals surface area contributed by atoms with E-state index in [2.05, 4.69) is 20.8 Å². The fraction of sp³-hybridized carbons (Fsp3) is 1.00. The van der Waals surface area contributed by atoms with Crippen molar-refractivity contribution in [3.63, 3.8) is 0 Å². The summed E-state index contributed by atoms with van der Waals surface area (Å²) in [5.74, 6) is 0. The first kappa shape index (κ1) is 9.00. The molecule has 0 N–H and O–H groups in total. The molecule has 2 aliphatic heterocycles. The van der Waals surface area contributed by atoms with Gasteiger partial charge in [0.2, 0.25) is 0 Å². The van der Waals surface area contributed by atoms with E-state index in [1.165, 1.54) is 38.3 Å². The second-order valence-corrected chi connectivity index (χ2v) is 8.74. The fourth-order valence-electron chi connectivity index (χ4n) is 3.59. The van der Waals surface area contributed by atoms with Gasteiger partial charge in [-0.2, -0.15) is 0 Å². The summed E-state index contributed by atoms with van der Waals surface area (Å²) in [6.07, 6.45) is 9.10. The minimum atomic E-state index is 0.355. The van der Waals surface area contributed by atoms with Crippen LogP contribution in [-0.4, -0.2) is 16.5 Å². The van der Waals surface area contributed by atoms with Gasteiger partial charge in [-0.1, -0.05) is 35.1 Å². The summed E-state index contributed by atoms with van der Waals surface area (Å²) >= 11 is 0. The number of fused-ring (bicyclic) bond motifs is 2. The van der Waals surface area contributed by atoms with E-state index in [-0.39, 0.29) is 0 Å². The van der Waals surface area contributed by atoms with Crippen molar-refractivity contribution in [3.05, 3.63) is 0 Å². The lowest BCUT2D eigenvalue weighted by atomic mass is 10.0. The molecule has 0 aromatic rings. The second-order valence-electron chi connectivity index (χ2n) is 5.09. The molecule has 0 saturated carbocycles. The SMILES string of the molecule is CCP1C2(C)CCCC1(C)CC2. The molecule has 0 aliphatic carbocycles. The van der Waals surface area contributed by atoms with Crippen molar-refractivity contribution in [2.45, 2.75) is 63.2 Å². The Morgan fingerprint density at radius 2 is 1.50 bits per heavy atom. The molecule has 2 rings (SSSR count). The Morgan fingerprint density at radius 3 is 1.83 bits per heavy atom. The maximum Gasteiger partial charge on any atom is -0.0118 e. The summed E-state index contributed by atoms with van der Waals surface area (Å²) in [4.78, 5) is 0. The fourth-order valence-corrected chi connectivity index (χ4v) is 8.04. The molecule has 2 bridgehead atoms. The molecule has 2 fully saturated rings. The van der Waals surface area contributed by atoms with E-state index >= 15 is 0 Å². The van der Waals surface area contributed by atoms with E-state index in [0.717, 1.165) is 10.3 Å². The normalized spacial score (nSPS) is 52.8. The van der Waals surface area contributed by atoms with Gasteiger partial charge in [-0.15, -0.1) is 0 Å². The minimum absolute atomic E-state index is 0.355. The van der Waals surface area contributed by atoms with Crippen molar-refractivity contribution in [3.8, 4) is 0 Å². The van der Waals surface area contributed by atoms with Crippen LogP contribution in [0.5, 0.6) is 0 Å². The van der Waals surface area contributed by atoms with E-state index in [0.29, 0.717) is 7.92 Å². The zero-order chi connectivity index (χ0) is 8.82. The highest BCUT2D eigenvalue weighted by atomic mass is 31.1. The molecule has 0 spiro atoms. The van der Waals surface area contributed by atoms with Gasteiger partial charge in [0, 0.05) is 0 Å². The predicted octanol–water partition coefficient (Wildman–Crippen LogP) is 3.98. The average molecular weight is 184 g/mol. The third-order valence-corrected chi connectivity index (χ3v) is 8.39. The molecule has 1 heteroatoms. The molecule has 2 unspecified atom stereocenters. The molecule has 0 aromatic carbocycles. The van der Waals surface area contributed by atoms with Crippen LogP contribution in [0.25, 0.3) is 0 Å². The lowest BCUT2D eigenvalue weighted by molar-refractivity contribution is 0.522. The van der Waals surface area contributed by atoms with Crippen LogP contribution in [0.15, 0.2) is 0 Å². The van der Waals surface area contributed by atoms with Crippen LogP contribution in [-0.2, 0) is 0 Å². The molecule has 2 saturated heterocycles. The molecule has 12 heavy (non-hydrogen) atoms. The van der Waals surface area contributed by atoms with Crippen LogP contribution in [0.3, 0.4) is 0 Å². The highest BCUT2D eigenvalue weighted by molar-refractivity contribution is 7.61. The van der Waals surface area contributed by atoms with E-state index in [9.17, 15) is 0 Å². The van der Waals surface area contributed by atoms with Crippen LogP contribution >= 0.6 is 7.92 Å². The molecule has 2 aliphatic rings. The Hall–Kier alpha value is 0.430. The molecule has 0 aromatic heterocycles. The highest BCUT2D eigenvalue weighted by Gasteiger charge is 2.52. The zero-order valence-corrected chi connectivity index (χ0v) is 9.58. The largest absolute Gasteiger partial charge is 0.0948 e. The zero-order valence-electron chi connectivity index (χ0n) is 8.69. The van der Waals surface area contributed by atoms with Gasteiger partial charge < -0.3 is 0 Å². The third-order valence-electron chi connectivity index (χ3n) is 4.25. The third kappa shape index (κ3) is 1.07. The first-order valence-corrected chi connectivity index (χ1v) is 6.91. The van der Waals surface area contributed by atoms with Gasteiger partial charge in [0.15, 0.2) is 0 Å². The standard InChI is InChI=1S/C11H21P/c1-4-12-10(2)6-5-7-11(12,3)9-8-10/h4-9H2,1-3H3. The van der Waals surface area contributed by atoms with Crippen molar-refractivity contribution in [2.75, 3.05) is 6.16 Å². The Kier molecular flexibility index (Phi) is 2.03. The summed E-state index contributed by atoms with van der Waals surface area (Å²) in [6.45, 7) is 7.54. The first-order valence-electron chi connectivity index (χ1n) is 5.38. The Balaban J connectivity index is 2.28. The highest BCUT2D eigenvalue weighted by Crippen LogP contribution is 2.73. The molecule has 0 nitrogen and oxygen atoms in total. The van der Waals surface area contributed by atoms with E-state index in [1.807, 2.05) is 0 Å². The summed E-state index contributed by atoms with van der Waals surface area (Å²) in [5.41, 5.74) is 0. The lowest BCUT2D eigenvalue weighted by Gasteiger charge is -2.44. The van der Waals surface area contributed by atoms with Crippen molar-refractivity contribution in [2.24, 2.45) is 0 Å². The molecule has 70 valence electrons. The van der Waals surface area contributed by atoms with Gasteiger partial charge in [0.05, 0.1) is 0 Å². The lowest BCUT2D eigenvalue weighted by Crippen LogP contribution is -2.30. The molecule has 2 heterocycles. The van der Waals surface area contributed by atoms with Crippen molar-refractivity contribution in [1.82, 2.24) is 0 Å². The molecular formula is C11H21P. The van der Waals surface area contributed by atoms with Gasteiger partial charge in [-0.25, -0.2) is 0 Å². The van der Waals surface area contributed by atoms with Gasteiger partial charge in [0.1, 0.15) is 0 Å². The second kappa shape index (κ2) is 2.71. The Morgan fingerprint density at radius 1 is 1.00 bits per heavy atom. The Bertz CT molecular complexity index is 171. The van der Waals surface area contributed by atoms with Crippen LogP contribution in [0.4, 0.5) is 0 Å².